The summed E-state index contributed by atoms with van der Waals surface area (Å²) in [5.41, 5.74) is 1.21. The summed E-state index contributed by atoms with van der Waals surface area (Å²) in [6.45, 7) is 5.17. The Morgan fingerprint density at radius 2 is 2.00 bits per heavy atom. The Balaban J connectivity index is 2.00. The summed E-state index contributed by atoms with van der Waals surface area (Å²) in [5, 5.41) is 8.98. The van der Waals surface area contributed by atoms with Crippen molar-refractivity contribution in [1.82, 2.24) is 0 Å². The largest absolute Gasteiger partial charge is 0.492 e. The maximum absolute atomic E-state index is 8.98. The molecule has 0 saturated carbocycles. The molecular weight excluding hydrogens is 226 g/mol. The molecule has 3 nitrogen and oxygen atoms in total. The van der Waals surface area contributed by atoms with Gasteiger partial charge in [-0.2, -0.15) is 0 Å². The summed E-state index contributed by atoms with van der Waals surface area (Å²) < 4.78 is 5.68. The van der Waals surface area contributed by atoms with E-state index < -0.39 is 0 Å². The molecule has 0 unspecified atom stereocenters. The van der Waals surface area contributed by atoms with Gasteiger partial charge in [0, 0.05) is 19.7 Å². The molecule has 0 amide bonds. The Kier molecular flexibility index (Phi) is 4.88. The van der Waals surface area contributed by atoms with Crippen LogP contribution >= 0.6 is 0 Å². The molecule has 0 spiro atoms. The van der Waals surface area contributed by atoms with E-state index in [9.17, 15) is 0 Å². The van der Waals surface area contributed by atoms with Crippen LogP contribution in [0.15, 0.2) is 24.3 Å². The van der Waals surface area contributed by atoms with Gasteiger partial charge < -0.3 is 14.7 Å². The second-order valence-corrected chi connectivity index (χ2v) is 4.84. The van der Waals surface area contributed by atoms with Crippen LogP contribution in [0.5, 0.6) is 5.75 Å². The normalized spacial score (nSPS) is 16.9. The SMILES string of the molecule is CCOc1ccccc1N1CCC(CCO)CC1. The molecular formula is C15H23NO2. The van der Waals surface area contributed by atoms with Crippen molar-refractivity contribution in [3.8, 4) is 5.75 Å². The van der Waals surface area contributed by atoms with Crippen LogP contribution in [0.25, 0.3) is 0 Å². The van der Waals surface area contributed by atoms with E-state index in [-0.39, 0.29) is 0 Å². The Hall–Kier alpha value is -1.22. The van der Waals surface area contributed by atoms with E-state index in [4.69, 9.17) is 9.84 Å². The van der Waals surface area contributed by atoms with Crippen molar-refractivity contribution in [3.63, 3.8) is 0 Å². The van der Waals surface area contributed by atoms with E-state index in [1.54, 1.807) is 0 Å². The summed E-state index contributed by atoms with van der Waals surface area (Å²) in [7, 11) is 0. The number of nitrogens with zero attached hydrogens (tertiary/aromatic N) is 1. The van der Waals surface area contributed by atoms with Gasteiger partial charge in [0.25, 0.3) is 0 Å². The van der Waals surface area contributed by atoms with E-state index in [2.05, 4.69) is 17.0 Å². The van der Waals surface area contributed by atoms with E-state index in [0.29, 0.717) is 19.1 Å². The lowest BCUT2D eigenvalue weighted by Crippen LogP contribution is -2.34. The smallest absolute Gasteiger partial charge is 0.142 e. The molecule has 1 heterocycles. The summed E-state index contributed by atoms with van der Waals surface area (Å²) in [6, 6.07) is 8.26. The van der Waals surface area contributed by atoms with Gasteiger partial charge in [-0.25, -0.2) is 0 Å². The average molecular weight is 249 g/mol. The highest BCUT2D eigenvalue weighted by atomic mass is 16.5. The van der Waals surface area contributed by atoms with Crippen LogP contribution in [-0.4, -0.2) is 31.4 Å². The summed E-state index contributed by atoms with van der Waals surface area (Å²) in [4.78, 5) is 2.40. The summed E-state index contributed by atoms with van der Waals surface area (Å²) in [5.74, 6) is 1.67. The topological polar surface area (TPSA) is 32.7 Å². The van der Waals surface area contributed by atoms with E-state index in [0.717, 1.165) is 25.3 Å². The quantitative estimate of drug-likeness (QED) is 0.871. The van der Waals surface area contributed by atoms with Gasteiger partial charge in [-0.15, -0.1) is 0 Å². The fourth-order valence-corrected chi connectivity index (χ4v) is 2.64. The summed E-state index contributed by atoms with van der Waals surface area (Å²) >= 11 is 0. The molecule has 1 aliphatic heterocycles. The van der Waals surface area contributed by atoms with Crippen LogP contribution in [0.3, 0.4) is 0 Å². The Morgan fingerprint density at radius 3 is 2.67 bits per heavy atom. The van der Waals surface area contributed by atoms with E-state index in [1.165, 1.54) is 18.5 Å². The molecule has 1 aliphatic rings. The van der Waals surface area contributed by atoms with Gasteiger partial charge in [0.15, 0.2) is 0 Å². The third-order valence-electron chi connectivity index (χ3n) is 3.66. The van der Waals surface area contributed by atoms with Gasteiger partial charge in [0.2, 0.25) is 0 Å². The lowest BCUT2D eigenvalue weighted by atomic mass is 9.93. The first kappa shape index (κ1) is 13.2. The number of anilines is 1. The molecule has 1 aromatic rings. The molecule has 0 aliphatic carbocycles. The van der Waals surface area contributed by atoms with Gasteiger partial charge in [0.1, 0.15) is 5.75 Å². The number of ether oxygens (including phenoxy) is 1. The third-order valence-corrected chi connectivity index (χ3v) is 3.66. The van der Waals surface area contributed by atoms with Crippen molar-refractivity contribution in [1.29, 1.82) is 0 Å². The maximum atomic E-state index is 8.98. The lowest BCUT2D eigenvalue weighted by Gasteiger charge is -2.34. The highest BCUT2D eigenvalue weighted by Gasteiger charge is 2.20. The van der Waals surface area contributed by atoms with Crippen LogP contribution in [-0.2, 0) is 0 Å². The van der Waals surface area contributed by atoms with Gasteiger partial charge >= 0.3 is 0 Å². The van der Waals surface area contributed by atoms with Gasteiger partial charge in [0.05, 0.1) is 12.3 Å². The average Bonchev–Trinajstić information content (AvgIpc) is 2.41. The van der Waals surface area contributed by atoms with E-state index >= 15 is 0 Å². The van der Waals surface area contributed by atoms with Gasteiger partial charge in [-0.1, -0.05) is 12.1 Å². The van der Waals surface area contributed by atoms with Crippen LogP contribution in [0.2, 0.25) is 0 Å². The number of para-hydroxylation sites is 2. The van der Waals surface area contributed by atoms with Crippen molar-refractivity contribution < 1.29 is 9.84 Å². The number of rotatable bonds is 5. The molecule has 0 radical (unpaired) electrons. The number of aliphatic hydroxyl groups excluding tert-OH is 1. The minimum Gasteiger partial charge on any atom is -0.492 e. The molecule has 3 heteroatoms. The van der Waals surface area contributed by atoms with Crippen LogP contribution in [0.1, 0.15) is 26.2 Å². The molecule has 1 aromatic carbocycles. The number of hydrogen-bond acceptors (Lipinski definition) is 3. The molecule has 18 heavy (non-hydrogen) atoms. The first-order valence-corrected chi connectivity index (χ1v) is 6.92. The van der Waals surface area contributed by atoms with E-state index in [1.807, 2.05) is 19.1 Å². The highest BCUT2D eigenvalue weighted by molar-refractivity contribution is 5.58. The van der Waals surface area contributed by atoms with Crippen molar-refractivity contribution in [2.75, 3.05) is 31.2 Å². The third kappa shape index (κ3) is 3.16. The Bertz CT molecular complexity index is 359. The zero-order chi connectivity index (χ0) is 12.8. The van der Waals surface area contributed by atoms with Crippen molar-refractivity contribution in [2.24, 2.45) is 5.92 Å². The monoisotopic (exact) mass is 249 g/mol. The van der Waals surface area contributed by atoms with Crippen LogP contribution in [0.4, 0.5) is 5.69 Å². The molecule has 0 aromatic heterocycles. The Morgan fingerprint density at radius 1 is 1.28 bits per heavy atom. The van der Waals surface area contributed by atoms with Crippen LogP contribution in [0, 0.1) is 5.92 Å². The number of benzene rings is 1. The number of aliphatic hydroxyl groups is 1. The minimum atomic E-state index is 0.320. The maximum Gasteiger partial charge on any atom is 0.142 e. The minimum absolute atomic E-state index is 0.320. The molecule has 0 atom stereocenters. The summed E-state index contributed by atoms with van der Waals surface area (Å²) in [6.07, 6.45) is 3.28. The number of piperidine rings is 1. The molecule has 0 bridgehead atoms. The first-order chi connectivity index (χ1) is 8.85. The van der Waals surface area contributed by atoms with Crippen molar-refractivity contribution in [2.45, 2.75) is 26.2 Å². The van der Waals surface area contributed by atoms with Crippen LogP contribution < -0.4 is 9.64 Å². The zero-order valence-electron chi connectivity index (χ0n) is 11.1. The standard InChI is InChI=1S/C15H23NO2/c1-2-18-15-6-4-3-5-14(15)16-10-7-13(8-11-16)9-12-17/h3-6,13,17H,2,7-12H2,1H3. The fourth-order valence-electron chi connectivity index (χ4n) is 2.64. The molecule has 2 rings (SSSR count). The molecule has 100 valence electrons. The van der Waals surface area contributed by atoms with Crippen molar-refractivity contribution in [3.05, 3.63) is 24.3 Å². The van der Waals surface area contributed by atoms with Gasteiger partial charge in [-0.3, -0.25) is 0 Å². The lowest BCUT2D eigenvalue weighted by molar-refractivity contribution is 0.240. The zero-order valence-corrected chi connectivity index (χ0v) is 11.1. The van der Waals surface area contributed by atoms with Crippen molar-refractivity contribution >= 4 is 5.69 Å². The predicted octanol–water partition coefficient (Wildman–Crippen LogP) is 2.68. The molecule has 1 N–H and O–H groups in total. The predicted molar refractivity (Wildman–Crippen MR) is 74.3 cm³/mol. The first-order valence-electron chi connectivity index (χ1n) is 6.92. The molecule has 1 fully saturated rings. The molecule has 1 saturated heterocycles. The second kappa shape index (κ2) is 6.64. The Labute approximate surface area is 109 Å². The van der Waals surface area contributed by atoms with Gasteiger partial charge in [-0.05, 0) is 44.2 Å². The fraction of sp³-hybridized carbons (Fsp3) is 0.600. The highest BCUT2D eigenvalue weighted by Crippen LogP contribution is 2.32. The number of hydrogen-bond donors (Lipinski definition) is 1. The second-order valence-electron chi connectivity index (χ2n) is 4.84.